The summed E-state index contributed by atoms with van der Waals surface area (Å²) in [7, 11) is 0. The van der Waals surface area contributed by atoms with Crippen molar-refractivity contribution in [1.29, 1.82) is 0 Å². The second-order valence-corrected chi connectivity index (χ2v) is 8.80. The fraction of sp³-hybridized carbons (Fsp3) is 0.500. The molecule has 4 heterocycles. The molecule has 1 aliphatic carbocycles. The molecule has 4 atom stereocenters. The van der Waals surface area contributed by atoms with Crippen molar-refractivity contribution in [2.24, 2.45) is 5.92 Å². The predicted octanol–water partition coefficient (Wildman–Crippen LogP) is 2.44. The number of aliphatic hydroxyl groups is 1. The van der Waals surface area contributed by atoms with Crippen molar-refractivity contribution >= 4 is 11.8 Å². The molecule has 2 bridgehead atoms. The molecule has 2 N–H and O–H groups in total. The molecule has 1 aromatic heterocycles. The van der Waals surface area contributed by atoms with Crippen LogP contribution in [-0.4, -0.2) is 56.6 Å². The average molecular weight is 464 g/mol. The van der Waals surface area contributed by atoms with E-state index in [2.05, 4.69) is 17.2 Å². The van der Waals surface area contributed by atoms with Crippen LogP contribution in [0.3, 0.4) is 0 Å². The Morgan fingerprint density at radius 1 is 1.36 bits per heavy atom. The molecule has 11 heteroatoms. The number of amides is 2. The van der Waals surface area contributed by atoms with Gasteiger partial charge in [-0.25, -0.2) is 0 Å². The van der Waals surface area contributed by atoms with Crippen LogP contribution in [0.15, 0.2) is 41.6 Å². The number of carbonyl (C=O) groups is 2. The van der Waals surface area contributed by atoms with E-state index in [0.717, 1.165) is 18.9 Å². The zero-order valence-corrected chi connectivity index (χ0v) is 17.8. The van der Waals surface area contributed by atoms with E-state index >= 15 is 0 Å². The van der Waals surface area contributed by atoms with E-state index in [-0.39, 0.29) is 59.7 Å². The number of aromatic nitrogens is 1. The summed E-state index contributed by atoms with van der Waals surface area (Å²) in [4.78, 5) is 32.8. The lowest BCUT2D eigenvalue weighted by Gasteiger charge is -2.50. The number of pyridine rings is 1. The maximum atomic E-state index is 13.2. The van der Waals surface area contributed by atoms with Gasteiger partial charge >= 0.3 is 6.18 Å². The first-order valence-corrected chi connectivity index (χ1v) is 10.8. The standard InChI is InChI=1S/C22H23F3N4O4/c1-11-15-4-5-17(11)33-18-10-28-9-12(7-16(30)19(28)21(32)29(15)18)20(31)27-8-14-13(22(23,24)25)3-2-6-26-14/h2-3,6,9,11,15,17-18,30H,4-5,7-8,10H2,1H3,(H,27,31)/t11-,15-,17+,18+/m1/s1. The van der Waals surface area contributed by atoms with Crippen molar-refractivity contribution in [2.45, 2.75) is 57.3 Å². The lowest BCUT2D eigenvalue weighted by atomic mass is 9.96. The lowest BCUT2D eigenvalue weighted by molar-refractivity contribution is -0.189. The highest BCUT2D eigenvalue weighted by Crippen LogP contribution is 2.43. The molecule has 1 aromatic rings. The molecule has 0 radical (unpaired) electrons. The molecule has 176 valence electrons. The quantitative estimate of drug-likeness (QED) is 0.714. The molecule has 8 nitrogen and oxygen atoms in total. The third-order valence-electron chi connectivity index (χ3n) is 6.86. The molecule has 0 unspecified atom stereocenters. The topological polar surface area (TPSA) is 95.0 Å². The number of aliphatic hydroxyl groups excluding tert-OH is 1. The summed E-state index contributed by atoms with van der Waals surface area (Å²) in [6, 6.07) is 2.14. The van der Waals surface area contributed by atoms with Crippen LogP contribution in [0, 0.1) is 5.92 Å². The van der Waals surface area contributed by atoms with Crippen LogP contribution in [0.4, 0.5) is 13.2 Å². The number of nitrogens with zero attached hydrogens (tertiary/aromatic N) is 3. The highest BCUT2D eigenvalue weighted by molar-refractivity contribution is 5.98. The Labute approximate surface area is 187 Å². The molecule has 4 aliphatic rings. The first-order chi connectivity index (χ1) is 15.6. The minimum atomic E-state index is -4.59. The number of alkyl halides is 3. The molecule has 5 rings (SSSR count). The average Bonchev–Trinajstić information content (AvgIpc) is 2.99. The fourth-order valence-electron chi connectivity index (χ4n) is 5.25. The van der Waals surface area contributed by atoms with Gasteiger partial charge in [-0.15, -0.1) is 0 Å². The Balaban J connectivity index is 1.32. The van der Waals surface area contributed by atoms with Gasteiger partial charge in [-0.05, 0) is 25.0 Å². The number of nitrogens with one attached hydrogen (secondary N) is 1. The molecular weight excluding hydrogens is 441 g/mol. The second-order valence-electron chi connectivity index (χ2n) is 8.80. The molecule has 3 fully saturated rings. The Morgan fingerprint density at radius 3 is 2.91 bits per heavy atom. The lowest BCUT2D eigenvalue weighted by Crippen LogP contribution is -2.63. The third kappa shape index (κ3) is 3.64. The zero-order valence-electron chi connectivity index (χ0n) is 17.8. The van der Waals surface area contributed by atoms with Crippen LogP contribution < -0.4 is 5.32 Å². The molecule has 33 heavy (non-hydrogen) atoms. The second kappa shape index (κ2) is 7.75. The van der Waals surface area contributed by atoms with Crippen LogP contribution in [0.2, 0.25) is 0 Å². The number of hydrogen-bond acceptors (Lipinski definition) is 6. The van der Waals surface area contributed by atoms with Gasteiger partial charge in [-0.2, -0.15) is 13.2 Å². The number of hydrogen-bond donors (Lipinski definition) is 2. The van der Waals surface area contributed by atoms with Gasteiger partial charge in [0.2, 0.25) is 5.91 Å². The number of allylic oxidation sites excluding steroid dienone is 1. The van der Waals surface area contributed by atoms with E-state index in [1.165, 1.54) is 23.4 Å². The van der Waals surface area contributed by atoms with Gasteiger partial charge < -0.3 is 25.0 Å². The largest absolute Gasteiger partial charge is 0.510 e. The Hall–Kier alpha value is -3.08. The van der Waals surface area contributed by atoms with Gasteiger partial charge in [0.25, 0.3) is 5.91 Å². The SMILES string of the molecule is C[C@H]1[C@@H]2CC[C@H]1N1C(=O)C3=C(O)CC(C(=O)NCc4ncccc4C(F)(F)F)=CN3C[C@@H]1O2. The summed E-state index contributed by atoms with van der Waals surface area (Å²) in [5.74, 6) is -1.01. The van der Waals surface area contributed by atoms with Crippen molar-refractivity contribution in [2.75, 3.05) is 6.54 Å². The number of halogens is 3. The summed E-state index contributed by atoms with van der Waals surface area (Å²) in [5, 5.41) is 13.1. The summed E-state index contributed by atoms with van der Waals surface area (Å²) in [5.41, 5.74) is -0.977. The first-order valence-electron chi connectivity index (χ1n) is 10.8. The van der Waals surface area contributed by atoms with E-state index in [9.17, 15) is 27.9 Å². The minimum absolute atomic E-state index is 0.0542. The van der Waals surface area contributed by atoms with Crippen LogP contribution in [-0.2, 0) is 27.0 Å². The normalized spacial score (nSPS) is 29.0. The van der Waals surface area contributed by atoms with Crippen molar-refractivity contribution in [3.63, 3.8) is 0 Å². The van der Waals surface area contributed by atoms with Crippen molar-refractivity contribution in [3.05, 3.63) is 52.8 Å². The third-order valence-corrected chi connectivity index (χ3v) is 6.86. The summed E-state index contributed by atoms with van der Waals surface area (Å²) in [6.45, 7) is 1.89. The van der Waals surface area contributed by atoms with Crippen molar-refractivity contribution in [3.8, 4) is 0 Å². The minimum Gasteiger partial charge on any atom is -0.510 e. The monoisotopic (exact) mass is 464 g/mol. The van der Waals surface area contributed by atoms with Crippen molar-refractivity contribution < 1.29 is 32.6 Å². The van der Waals surface area contributed by atoms with E-state index < -0.39 is 30.4 Å². The Bertz CT molecular complexity index is 1070. The highest BCUT2D eigenvalue weighted by atomic mass is 19.4. The van der Waals surface area contributed by atoms with Crippen molar-refractivity contribution in [1.82, 2.24) is 20.1 Å². The van der Waals surface area contributed by atoms with Gasteiger partial charge in [-0.1, -0.05) is 6.92 Å². The first kappa shape index (κ1) is 21.7. The van der Waals surface area contributed by atoms with Crippen LogP contribution in [0.25, 0.3) is 0 Å². The van der Waals surface area contributed by atoms with E-state index in [1.54, 1.807) is 4.90 Å². The van der Waals surface area contributed by atoms with E-state index in [1.807, 2.05) is 0 Å². The van der Waals surface area contributed by atoms with Gasteiger partial charge in [-0.3, -0.25) is 14.6 Å². The van der Waals surface area contributed by atoms with Gasteiger partial charge in [0.05, 0.1) is 30.5 Å². The number of ether oxygens (including phenoxy) is 1. The fourth-order valence-corrected chi connectivity index (χ4v) is 5.25. The predicted molar refractivity (Wildman–Crippen MR) is 108 cm³/mol. The molecule has 2 amide bonds. The number of fused-ring (bicyclic) bond motifs is 5. The Morgan fingerprint density at radius 2 is 2.15 bits per heavy atom. The maximum absolute atomic E-state index is 13.2. The molecular formula is C22H23F3N4O4. The summed E-state index contributed by atoms with van der Waals surface area (Å²) >= 11 is 0. The molecule has 0 spiro atoms. The smallest absolute Gasteiger partial charge is 0.418 e. The molecule has 1 saturated carbocycles. The highest BCUT2D eigenvalue weighted by Gasteiger charge is 2.52. The maximum Gasteiger partial charge on any atom is 0.418 e. The van der Waals surface area contributed by atoms with Crippen LogP contribution in [0.5, 0.6) is 0 Å². The van der Waals surface area contributed by atoms with E-state index in [0.29, 0.717) is 0 Å². The number of rotatable bonds is 3. The van der Waals surface area contributed by atoms with Crippen LogP contribution in [0.1, 0.15) is 37.4 Å². The molecule has 0 aromatic carbocycles. The zero-order chi connectivity index (χ0) is 23.5. The Kier molecular flexibility index (Phi) is 5.11. The van der Waals surface area contributed by atoms with Crippen LogP contribution >= 0.6 is 0 Å². The van der Waals surface area contributed by atoms with E-state index in [4.69, 9.17) is 4.74 Å². The summed E-state index contributed by atoms with van der Waals surface area (Å²) in [6.07, 6.45) is -0.796. The van der Waals surface area contributed by atoms with Gasteiger partial charge in [0, 0.05) is 36.4 Å². The molecule has 2 saturated heterocycles. The number of piperazine rings is 1. The number of carbonyl (C=O) groups excluding carboxylic acids is 2. The summed E-state index contributed by atoms with van der Waals surface area (Å²) < 4.78 is 45.6. The van der Waals surface area contributed by atoms with Gasteiger partial charge in [0.1, 0.15) is 11.5 Å². The molecule has 3 aliphatic heterocycles. The van der Waals surface area contributed by atoms with Gasteiger partial charge in [0.15, 0.2) is 6.23 Å².